The van der Waals surface area contributed by atoms with Crippen molar-refractivity contribution in [1.82, 2.24) is 0 Å². The molecule has 0 heterocycles. The summed E-state index contributed by atoms with van der Waals surface area (Å²) in [5.41, 5.74) is 2.46. The van der Waals surface area contributed by atoms with E-state index in [1.807, 2.05) is 13.8 Å². The van der Waals surface area contributed by atoms with Crippen LogP contribution in [0, 0.1) is 24.2 Å². The molecule has 1 atom stereocenters. The monoisotopic (exact) mass is 201 g/mol. The van der Waals surface area contributed by atoms with Gasteiger partial charge in [-0.25, -0.2) is 0 Å². The lowest BCUT2D eigenvalue weighted by molar-refractivity contribution is -0.114. The van der Waals surface area contributed by atoms with Crippen molar-refractivity contribution in [2.45, 2.75) is 26.7 Å². The number of rotatable bonds is 4. The van der Waals surface area contributed by atoms with Crippen LogP contribution in [-0.4, -0.2) is 5.78 Å². The first kappa shape index (κ1) is 11.5. The van der Waals surface area contributed by atoms with Crippen molar-refractivity contribution >= 4 is 5.78 Å². The summed E-state index contributed by atoms with van der Waals surface area (Å²) in [5.74, 6) is -0.0885. The van der Waals surface area contributed by atoms with Gasteiger partial charge in [0.05, 0.1) is 0 Å². The van der Waals surface area contributed by atoms with Crippen molar-refractivity contribution in [1.29, 1.82) is 5.26 Å². The number of aryl methyl sites for hydroxylation is 1. The molecule has 0 saturated heterocycles. The fraction of sp³-hybridized carbons (Fsp3) is 0.385. The number of nitriles is 1. The van der Waals surface area contributed by atoms with Gasteiger partial charge in [-0.1, -0.05) is 36.8 Å². The average molecular weight is 201 g/mol. The van der Waals surface area contributed by atoms with E-state index in [0.717, 1.165) is 6.42 Å². The molecule has 0 unspecified atom stereocenters. The molecule has 2 heteroatoms. The number of Topliss-reactive ketones (excluding diaryl/α,β-unsaturated/α-hetero) is 1. The Labute approximate surface area is 90.5 Å². The minimum atomic E-state index is -0.324. The fourth-order valence-electron chi connectivity index (χ4n) is 1.56. The van der Waals surface area contributed by atoms with Crippen molar-refractivity contribution in [2.24, 2.45) is 5.92 Å². The Morgan fingerprint density at radius 3 is 2.53 bits per heavy atom. The van der Waals surface area contributed by atoms with Crippen LogP contribution in [0.1, 0.15) is 24.5 Å². The first-order valence-corrected chi connectivity index (χ1v) is 5.10. The number of carbonyl (C=O) groups is 1. The van der Waals surface area contributed by atoms with Crippen LogP contribution in [0.4, 0.5) is 0 Å². The highest BCUT2D eigenvalue weighted by molar-refractivity contribution is 5.93. The summed E-state index contributed by atoms with van der Waals surface area (Å²) in [6.45, 7) is 4.04. The van der Waals surface area contributed by atoms with Gasteiger partial charge in [0.1, 0.15) is 6.07 Å². The van der Waals surface area contributed by atoms with Crippen molar-refractivity contribution in [3.63, 3.8) is 0 Å². The second-order valence-corrected chi connectivity index (χ2v) is 4.03. The largest absolute Gasteiger partial charge is 0.283 e. The second kappa shape index (κ2) is 5.31. The van der Waals surface area contributed by atoms with Crippen LogP contribution < -0.4 is 0 Å². The molecule has 78 valence electrons. The Bertz CT molecular complexity index is 373. The molecular formula is C13H15NO. The predicted molar refractivity (Wildman–Crippen MR) is 59.3 cm³/mol. The van der Waals surface area contributed by atoms with Gasteiger partial charge in [0.25, 0.3) is 0 Å². The first-order chi connectivity index (χ1) is 7.11. The average Bonchev–Trinajstić information content (AvgIpc) is 2.21. The zero-order valence-electron chi connectivity index (χ0n) is 9.16. The van der Waals surface area contributed by atoms with Crippen LogP contribution in [0.2, 0.25) is 0 Å². The van der Waals surface area contributed by atoms with Crippen molar-refractivity contribution in [3.8, 4) is 6.07 Å². The quantitative estimate of drug-likeness (QED) is 0.703. The molecule has 0 saturated carbocycles. The van der Waals surface area contributed by atoms with Gasteiger partial charge < -0.3 is 0 Å². The van der Waals surface area contributed by atoms with Crippen LogP contribution in [0.5, 0.6) is 0 Å². The number of hydrogen-bond acceptors (Lipinski definition) is 2. The van der Waals surface area contributed by atoms with Crippen LogP contribution >= 0.6 is 0 Å². The standard InChI is InChI=1S/C13H15NO/c1-10-3-5-12(6-4-10)7-11(2)8-13(15)9-14/h3-6,11H,7-8H2,1-2H3/t11-/m0/s1. The minimum absolute atomic E-state index is 0.236. The Balaban J connectivity index is 2.52. The third-order valence-corrected chi connectivity index (χ3v) is 2.36. The number of benzene rings is 1. The van der Waals surface area contributed by atoms with Gasteiger partial charge in [0.15, 0.2) is 0 Å². The lowest BCUT2D eigenvalue weighted by Crippen LogP contribution is -2.06. The van der Waals surface area contributed by atoms with Crippen LogP contribution in [-0.2, 0) is 11.2 Å². The number of ketones is 1. The van der Waals surface area contributed by atoms with Crippen LogP contribution in [0.15, 0.2) is 24.3 Å². The maximum Gasteiger partial charge on any atom is 0.232 e. The number of hydrogen-bond donors (Lipinski definition) is 0. The minimum Gasteiger partial charge on any atom is -0.283 e. The molecule has 0 spiro atoms. The van der Waals surface area contributed by atoms with Crippen LogP contribution in [0.25, 0.3) is 0 Å². The fourth-order valence-corrected chi connectivity index (χ4v) is 1.56. The summed E-state index contributed by atoms with van der Waals surface area (Å²) in [6.07, 6.45) is 1.21. The van der Waals surface area contributed by atoms with E-state index in [9.17, 15) is 4.79 Å². The Hall–Kier alpha value is -1.62. The van der Waals surface area contributed by atoms with Crippen molar-refractivity contribution < 1.29 is 4.79 Å². The molecule has 0 aliphatic carbocycles. The zero-order chi connectivity index (χ0) is 11.3. The molecule has 15 heavy (non-hydrogen) atoms. The third-order valence-electron chi connectivity index (χ3n) is 2.36. The van der Waals surface area contributed by atoms with Gasteiger partial charge in [0.2, 0.25) is 5.78 Å². The van der Waals surface area contributed by atoms with E-state index >= 15 is 0 Å². The zero-order valence-corrected chi connectivity index (χ0v) is 9.16. The molecule has 2 nitrogen and oxygen atoms in total. The molecule has 1 aromatic rings. The molecule has 0 aromatic heterocycles. The predicted octanol–water partition coefficient (Wildman–Crippen LogP) is 2.66. The molecule has 0 aliphatic heterocycles. The Kier molecular flexibility index (Phi) is 4.05. The molecule has 0 radical (unpaired) electrons. The third kappa shape index (κ3) is 3.95. The van der Waals surface area contributed by atoms with Gasteiger partial charge in [-0.2, -0.15) is 5.26 Å². The summed E-state index contributed by atoms with van der Waals surface area (Å²) in [4.78, 5) is 10.9. The van der Waals surface area contributed by atoms with Gasteiger partial charge >= 0.3 is 0 Å². The highest BCUT2D eigenvalue weighted by Gasteiger charge is 2.08. The summed E-state index contributed by atoms with van der Waals surface area (Å²) in [6, 6.07) is 9.92. The lowest BCUT2D eigenvalue weighted by Gasteiger charge is -2.08. The summed E-state index contributed by atoms with van der Waals surface area (Å²) in [5, 5.41) is 8.39. The summed E-state index contributed by atoms with van der Waals surface area (Å²) in [7, 11) is 0. The van der Waals surface area contributed by atoms with Crippen molar-refractivity contribution in [2.75, 3.05) is 0 Å². The van der Waals surface area contributed by atoms with E-state index < -0.39 is 0 Å². The molecular weight excluding hydrogens is 186 g/mol. The van der Waals surface area contributed by atoms with Gasteiger partial charge in [-0.3, -0.25) is 4.79 Å². The van der Waals surface area contributed by atoms with E-state index in [-0.39, 0.29) is 11.7 Å². The van der Waals surface area contributed by atoms with E-state index in [1.54, 1.807) is 6.07 Å². The van der Waals surface area contributed by atoms with E-state index in [0.29, 0.717) is 6.42 Å². The highest BCUT2D eigenvalue weighted by atomic mass is 16.1. The molecule has 0 N–H and O–H groups in total. The molecule has 0 fully saturated rings. The second-order valence-electron chi connectivity index (χ2n) is 4.03. The van der Waals surface area contributed by atoms with Crippen molar-refractivity contribution in [3.05, 3.63) is 35.4 Å². The highest BCUT2D eigenvalue weighted by Crippen LogP contribution is 2.12. The van der Waals surface area contributed by atoms with E-state index in [1.165, 1.54) is 11.1 Å². The normalized spacial score (nSPS) is 11.8. The first-order valence-electron chi connectivity index (χ1n) is 5.10. The molecule has 1 aromatic carbocycles. The Morgan fingerprint density at radius 2 is 2.00 bits per heavy atom. The van der Waals surface area contributed by atoms with Gasteiger partial charge in [-0.15, -0.1) is 0 Å². The topological polar surface area (TPSA) is 40.9 Å². The summed E-state index contributed by atoms with van der Waals surface area (Å²) >= 11 is 0. The maximum absolute atomic E-state index is 10.9. The van der Waals surface area contributed by atoms with E-state index in [4.69, 9.17) is 5.26 Å². The van der Waals surface area contributed by atoms with Gasteiger partial charge in [0, 0.05) is 6.42 Å². The number of carbonyl (C=O) groups excluding carboxylic acids is 1. The molecule has 1 rings (SSSR count). The smallest absolute Gasteiger partial charge is 0.232 e. The molecule has 0 aliphatic rings. The lowest BCUT2D eigenvalue weighted by atomic mass is 9.96. The maximum atomic E-state index is 10.9. The molecule has 0 bridgehead atoms. The molecule has 0 amide bonds. The Morgan fingerprint density at radius 1 is 1.40 bits per heavy atom. The van der Waals surface area contributed by atoms with Crippen LogP contribution in [0.3, 0.4) is 0 Å². The SMILES string of the molecule is Cc1ccc(C[C@H](C)CC(=O)C#N)cc1. The van der Waals surface area contributed by atoms with E-state index in [2.05, 4.69) is 24.3 Å². The summed E-state index contributed by atoms with van der Waals surface area (Å²) < 4.78 is 0. The number of nitrogens with zero attached hydrogens (tertiary/aromatic N) is 1. The van der Waals surface area contributed by atoms with Gasteiger partial charge in [-0.05, 0) is 24.8 Å².